The molecular formula is C15H16N2O5. The molecule has 0 radical (unpaired) electrons. The highest BCUT2D eigenvalue weighted by Gasteiger charge is 2.20. The van der Waals surface area contributed by atoms with Gasteiger partial charge in [-0.1, -0.05) is 30.3 Å². The highest BCUT2D eigenvalue weighted by atomic mass is 16.5. The smallest absolute Gasteiger partial charge is 0.326 e. The highest BCUT2D eigenvalue weighted by Crippen LogP contribution is 2.05. The Bertz CT molecular complexity index is 689. The van der Waals surface area contributed by atoms with Crippen LogP contribution < -0.4 is 10.9 Å². The first-order chi connectivity index (χ1) is 10.5. The molecule has 2 rings (SSSR count). The minimum absolute atomic E-state index is 0.0410. The van der Waals surface area contributed by atoms with Gasteiger partial charge >= 0.3 is 5.97 Å². The number of benzene rings is 1. The number of aromatic amines is 1. The highest BCUT2D eigenvalue weighted by molar-refractivity contribution is 5.83. The number of amides is 1. The van der Waals surface area contributed by atoms with Gasteiger partial charge in [0.05, 0.1) is 0 Å². The van der Waals surface area contributed by atoms with Gasteiger partial charge in [0.15, 0.2) is 0 Å². The molecule has 0 aliphatic rings. The molecule has 1 aromatic carbocycles. The lowest BCUT2D eigenvalue weighted by atomic mass is 10.1. The van der Waals surface area contributed by atoms with Crippen LogP contribution in [0.4, 0.5) is 0 Å². The monoisotopic (exact) mass is 304 g/mol. The van der Waals surface area contributed by atoms with Gasteiger partial charge in [0.25, 0.3) is 5.56 Å². The molecular weight excluding hydrogens is 288 g/mol. The molecule has 0 bridgehead atoms. The quantitative estimate of drug-likeness (QED) is 0.697. The van der Waals surface area contributed by atoms with Gasteiger partial charge in [-0.15, -0.1) is 0 Å². The van der Waals surface area contributed by atoms with Crippen molar-refractivity contribution < 1.29 is 19.2 Å². The summed E-state index contributed by atoms with van der Waals surface area (Å²) in [6.45, 7) is 0. The van der Waals surface area contributed by atoms with Crippen molar-refractivity contribution in [1.82, 2.24) is 10.5 Å². The van der Waals surface area contributed by atoms with E-state index in [0.717, 1.165) is 5.56 Å². The van der Waals surface area contributed by atoms with Crippen LogP contribution in [0.25, 0.3) is 0 Å². The Kier molecular flexibility index (Phi) is 5.13. The number of carbonyl (C=O) groups excluding carboxylic acids is 1. The Balaban J connectivity index is 1.88. The number of carboxylic acid groups (broad SMARTS) is 1. The predicted octanol–water partition coefficient (Wildman–Crippen LogP) is 0.713. The van der Waals surface area contributed by atoms with Gasteiger partial charge < -0.3 is 14.9 Å². The lowest BCUT2D eigenvalue weighted by Gasteiger charge is -2.14. The van der Waals surface area contributed by atoms with E-state index >= 15 is 0 Å². The van der Waals surface area contributed by atoms with Crippen LogP contribution in [0, 0.1) is 0 Å². The fourth-order valence-corrected chi connectivity index (χ4v) is 2.00. The molecule has 3 N–H and O–H groups in total. The standard InChI is InChI=1S/C15H16N2O5/c18-13(7-6-11-9-14(19)17-22-11)16-12(15(20)21)8-10-4-2-1-3-5-10/h1-5,9,12H,6-8H2,(H,16,18)(H,17,19)(H,20,21). The van der Waals surface area contributed by atoms with Gasteiger partial charge in [0.2, 0.25) is 5.91 Å². The van der Waals surface area contributed by atoms with Crippen molar-refractivity contribution in [3.05, 3.63) is 58.1 Å². The third kappa shape index (κ3) is 4.62. The van der Waals surface area contributed by atoms with Crippen molar-refractivity contribution in [2.45, 2.75) is 25.3 Å². The summed E-state index contributed by atoms with van der Waals surface area (Å²) in [6.07, 6.45) is 0.475. The summed E-state index contributed by atoms with van der Waals surface area (Å²) in [7, 11) is 0. The van der Waals surface area contributed by atoms with E-state index in [1.807, 2.05) is 18.2 Å². The third-order valence-corrected chi connectivity index (χ3v) is 3.09. The van der Waals surface area contributed by atoms with Crippen molar-refractivity contribution >= 4 is 11.9 Å². The molecule has 1 amide bonds. The Labute approximate surface area is 125 Å². The first-order valence-corrected chi connectivity index (χ1v) is 6.78. The molecule has 0 fully saturated rings. The van der Waals surface area contributed by atoms with Crippen LogP contribution in [-0.2, 0) is 22.4 Å². The first kappa shape index (κ1) is 15.6. The average Bonchev–Trinajstić information content (AvgIpc) is 2.91. The second-order valence-electron chi connectivity index (χ2n) is 4.83. The summed E-state index contributed by atoms with van der Waals surface area (Å²) in [5.74, 6) is -1.15. The van der Waals surface area contributed by atoms with Crippen LogP contribution in [0.15, 0.2) is 45.7 Å². The second kappa shape index (κ2) is 7.26. The molecule has 22 heavy (non-hydrogen) atoms. The van der Waals surface area contributed by atoms with E-state index in [-0.39, 0.29) is 24.8 Å². The van der Waals surface area contributed by atoms with Crippen molar-refractivity contribution in [2.24, 2.45) is 0 Å². The first-order valence-electron chi connectivity index (χ1n) is 6.78. The third-order valence-electron chi connectivity index (χ3n) is 3.09. The lowest BCUT2D eigenvalue weighted by Crippen LogP contribution is -2.42. The molecule has 0 saturated heterocycles. The van der Waals surface area contributed by atoms with Gasteiger partial charge in [-0.3, -0.25) is 9.59 Å². The number of aliphatic carboxylic acids is 1. The van der Waals surface area contributed by atoms with E-state index in [0.29, 0.717) is 5.76 Å². The largest absolute Gasteiger partial charge is 0.480 e. The molecule has 0 aliphatic heterocycles. The minimum Gasteiger partial charge on any atom is -0.480 e. The summed E-state index contributed by atoms with van der Waals surface area (Å²) >= 11 is 0. The summed E-state index contributed by atoms with van der Waals surface area (Å²) in [4.78, 5) is 33.9. The molecule has 1 heterocycles. The Morgan fingerprint density at radius 1 is 1.27 bits per heavy atom. The van der Waals surface area contributed by atoms with Crippen molar-refractivity contribution in [3.8, 4) is 0 Å². The predicted molar refractivity (Wildman–Crippen MR) is 77.4 cm³/mol. The Morgan fingerprint density at radius 3 is 2.59 bits per heavy atom. The van der Waals surface area contributed by atoms with E-state index in [1.165, 1.54) is 6.07 Å². The van der Waals surface area contributed by atoms with Crippen molar-refractivity contribution in [1.29, 1.82) is 0 Å². The molecule has 2 aromatic rings. The van der Waals surface area contributed by atoms with E-state index in [2.05, 4.69) is 10.5 Å². The number of rotatable bonds is 7. The van der Waals surface area contributed by atoms with Crippen LogP contribution in [-0.4, -0.2) is 28.2 Å². The summed E-state index contributed by atoms with van der Waals surface area (Å²) in [5.41, 5.74) is 0.453. The van der Waals surface area contributed by atoms with Gasteiger partial charge in [0, 0.05) is 25.3 Å². The number of aromatic nitrogens is 1. The average molecular weight is 304 g/mol. The molecule has 1 unspecified atom stereocenters. The maximum Gasteiger partial charge on any atom is 0.326 e. The molecule has 7 nitrogen and oxygen atoms in total. The summed E-state index contributed by atoms with van der Waals surface area (Å²) in [6, 6.07) is 9.32. The maximum atomic E-state index is 11.8. The van der Waals surface area contributed by atoms with Crippen molar-refractivity contribution in [2.75, 3.05) is 0 Å². The minimum atomic E-state index is -1.09. The Hall–Kier alpha value is -2.83. The van der Waals surface area contributed by atoms with Crippen LogP contribution in [0.5, 0.6) is 0 Å². The zero-order chi connectivity index (χ0) is 15.9. The summed E-state index contributed by atoms with van der Waals surface area (Å²) in [5, 5.41) is 13.8. The van der Waals surface area contributed by atoms with E-state index in [4.69, 9.17) is 4.52 Å². The Morgan fingerprint density at radius 2 is 2.00 bits per heavy atom. The number of carboxylic acids is 1. The SMILES string of the molecule is O=C(CCc1cc(=O)[nH]o1)NC(Cc1ccccc1)C(=O)O. The maximum absolute atomic E-state index is 11.8. The van der Waals surface area contributed by atoms with E-state index < -0.39 is 17.9 Å². The van der Waals surface area contributed by atoms with Gasteiger partial charge in [-0.05, 0) is 5.56 Å². The van der Waals surface area contributed by atoms with Crippen LogP contribution in [0.1, 0.15) is 17.7 Å². The molecule has 0 saturated carbocycles. The summed E-state index contributed by atoms with van der Waals surface area (Å²) < 4.78 is 4.83. The van der Waals surface area contributed by atoms with Gasteiger partial charge in [-0.25, -0.2) is 4.79 Å². The fourth-order valence-electron chi connectivity index (χ4n) is 2.00. The molecule has 116 valence electrons. The molecule has 0 spiro atoms. The van der Waals surface area contributed by atoms with Gasteiger partial charge in [0.1, 0.15) is 11.8 Å². The topological polar surface area (TPSA) is 112 Å². The van der Waals surface area contributed by atoms with Crippen LogP contribution in [0.3, 0.4) is 0 Å². The number of H-pyrrole nitrogens is 1. The second-order valence-corrected chi connectivity index (χ2v) is 4.83. The molecule has 1 aromatic heterocycles. The zero-order valence-electron chi connectivity index (χ0n) is 11.7. The number of carbonyl (C=O) groups is 2. The molecule has 1 atom stereocenters. The normalized spacial score (nSPS) is 11.8. The van der Waals surface area contributed by atoms with Crippen LogP contribution in [0.2, 0.25) is 0 Å². The lowest BCUT2D eigenvalue weighted by molar-refractivity contribution is -0.141. The van der Waals surface area contributed by atoms with Crippen molar-refractivity contribution in [3.63, 3.8) is 0 Å². The van der Waals surface area contributed by atoms with Crippen LogP contribution >= 0.6 is 0 Å². The number of nitrogens with one attached hydrogen (secondary N) is 2. The number of aryl methyl sites for hydroxylation is 1. The van der Waals surface area contributed by atoms with E-state index in [1.54, 1.807) is 12.1 Å². The number of hydrogen-bond donors (Lipinski definition) is 3. The van der Waals surface area contributed by atoms with E-state index in [9.17, 15) is 19.5 Å². The number of hydrogen-bond acceptors (Lipinski definition) is 4. The fraction of sp³-hybridized carbons (Fsp3) is 0.267. The molecule has 7 heteroatoms. The molecule has 0 aliphatic carbocycles. The van der Waals surface area contributed by atoms with Gasteiger partial charge in [-0.2, -0.15) is 5.16 Å². The zero-order valence-corrected chi connectivity index (χ0v) is 11.7.